The predicted molar refractivity (Wildman–Crippen MR) is 68.4 cm³/mol. The smallest absolute Gasteiger partial charge is 0.00956 e. The SMILES string of the molecule is CC1CCC(N(CC2CC2)CC2CC2)CC1. The van der Waals surface area contributed by atoms with E-state index in [4.69, 9.17) is 0 Å². The van der Waals surface area contributed by atoms with Crippen molar-refractivity contribution in [1.82, 2.24) is 4.90 Å². The predicted octanol–water partition coefficient (Wildman–Crippen LogP) is 3.69. The van der Waals surface area contributed by atoms with Gasteiger partial charge >= 0.3 is 0 Å². The van der Waals surface area contributed by atoms with Crippen LogP contribution in [0.5, 0.6) is 0 Å². The average molecular weight is 221 g/mol. The van der Waals surface area contributed by atoms with Crippen molar-refractivity contribution >= 4 is 0 Å². The second kappa shape index (κ2) is 4.68. The summed E-state index contributed by atoms with van der Waals surface area (Å²) >= 11 is 0. The lowest BCUT2D eigenvalue weighted by molar-refractivity contribution is 0.128. The van der Waals surface area contributed by atoms with E-state index in [1.54, 1.807) is 0 Å². The van der Waals surface area contributed by atoms with Crippen molar-refractivity contribution < 1.29 is 0 Å². The average Bonchev–Trinajstić information content (AvgIpc) is 3.12. The molecule has 0 atom stereocenters. The molecule has 0 aromatic rings. The maximum atomic E-state index is 2.89. The maximum Gasteiger partial charge on any atom is 0.00956 e. The van der Waals surface area contributed by atoms with Crippen molar-refractivity contribution in [2.24, 2.45) is 17.8 Å². The fourth-order valence-corrected chi connectivity index (χ4v) is 3.24. The molecule has 3 aliphatic rings. The molecule has 3 rings (SSSR count). The monoisotopic (exact) mass is 221 g/mol. The molecule has 16 heavy (non-hydrogen) atoms. The van der Waals surface area contributed by atoms with E-state index in [1.165, 1.54) is 64.5 Å². The molecule has 0 aliphatic heterocycles. The fourth-order valence-electron chi connectivity index (χ4n) is 3.24. The molecule has 3 aliphatic carbocycles. The summed E-state index contributed by atoms with van der Waals surface area (Å²) in [5.41, 5.74) is 0. The molecular weight excluding hydrogens is 194 g/mol. The van der Waals surface area contributed by atoms with Crippen LogP contribution in [0.1, 0.15) is 58.3 Å². The lowest BCUT2D eigenvalue weighted by Gasteiger charge is -2.36. The van der Waals surface area contributed by atoms with Crippen molar-refractivity contribution in [1.29, 1.82) is 0 Å². The Morgan fingerprint density at radius 2 is 1.25 bits per heavy atom. The Hall–Kier alpha value is -0.0400. The van der Waals surface area contributed by atoms with Gasteiger partial charge < -0.3 is 0 Å². The van der Waals surface area contributed by atoms with Crippen LogP contribution < -0.4 is 0 Å². The van der Waals surface area contributed by atoms with Crippen molar-refractivity contribution in [3.05, 3.63) is 0 Å². The van der Waals surface area contributed by atoms with Gasteiger partial charge in [-0.2, -0.15) is 0 Å². The van der Waals surface area contributed by atoms with Crippen LogP contribution in [0.15, 0.2) is 0 Å². The second-order valence-corrected chi connectivity index (χ2v) is 6.75. The number of hydrogen-bond donors (Lipinski definition) is 0. The lowest BCUT2D eigenvalue weighted by atomic mass is 9.86. The number of hydrogen-bond acceptors (Lipinski definition) is 1. The molecule has 0 unspecified atom stereocenters. The molecule has 3 saturated carbocycles. The van der Waals surface area contributed by atoms with Gasteiger partial charge in [0, 0.05) is 19.1 Å². The summed E-state index contributed by atoms with van der Waals surface area (Å²) in [6.45, 7) is 5.31. The molecule has 0 aromatic carbocycles. The van der Waals surface area contributed by atoms with Crippen LogP contribution >= 0.6 is 0 Å². The summed E-state index contributed by atoms with van der Waals surface area (Å²) < 4.78 is 0. The highest BCUT2D eigenvalue weighted by molar-refractivity contribution is 4.87. The first-order valence-electron chi connectivity index (χ1n) is 7.55. The van der Waals surface area contributed by atoms with Gasteiger partial charge in [0.25, 0.3) is 0 Å². The summed E-state index contributed by atoms with van der Waals surface area (Å²) in [4.78, 5) is 2.89. The summed E-state index contributed by atoms with van der Waals surface area (Å²) in [5, 5.41) is 0. The Morgan fingerprint density at radius 3 is 1.69 bits per heavy atom. The normalized spacial score (nSPS) is 35.6. The van der Waals surface area contributed by atoms with E-state index >= 15 is 0 Å². The van der Waals surface area contributed by atoms with Crippen molar-refractivity contribution in [3.8, 4) is 0 Å². The zero-order valence-electron chi connectivity index (χ0n) is 10.8. The molecule has 0 saturated heterocycles. The largest absolute Gasteiger partial charge is 0.300 e. The first-order valence-corrected chi connectivity index (χ1v) is 7.55. The second-order valence-electron chi connectivity index (χ2n) is 6.75. The van der Waals surface area contributed by atoms with Gasteiger partial charge in [-0.25, -0.2) is 0 Å². The molecule has 92 valence electrons. The van der Waals surface area contributed by atoms with E-state index in [0.717, 1.165) is 23.8 Å². The Bertz CT molecular complexity index is 208. The van der Waals surface area contributed by atoms with Crippen LogP contribution in [0.2, 0.25) is 0 Å². The number of nitrogens with zero attached hydrogens (tertiary/aromatic N) is 1. The molecule has 0 radical (unpaired) electrons. The molecule has 0 N–H and O–H groups in total. The zero-order valence-corrected chi connectivity index (χ0v) is 10.8. The Labute approximate surface area is 101 Å². The minimum atomic E-state index is 0.956. The van der Waals surface area contributed by atoms with E-state index in [9.17, 15) is 0 Å². The highest BCUT2D eigenvalue weighted by Crippen LogP contribution is 2.37. The summed E-state index contributed by atoms with van der Waals surface area (Å²) in [6.07, 6.45) is 12.0. The third-order valence-electron chi connectivity index (χ3n) is 4.88. The van der Waals surface area contributed by atoms with Crippen molar-refractivity contribution in [2.45, 2.75) is 64.3 Å². The van der Waals surface area contributed by atoms with Gasteiger partial charge in [-0.05, 0) is 69.1 Å². The first-order chi connectivity index (χ1) is 7.81. The van der Waals surface area contributed by atoms with Crippen LogP contribution in [0, 0.1) is 17.8 Å². The van der Waals surface area contributed by atoms with Gasteiger partial charge in [-0.1, -0.05) is 6.92 Å². The quantitative estimate of drug-likeness (QED) is 0.684. The molecule has 0 bridgehead atoms. The Balaban J connectivity index is 1.52. The molecule has 1 nitrogen and oxygen atoms in total. The zero-order chi connectivity index (χ0) is 11.0. The van der Waals surface area contributed by atoms with Crippen LogP contribution in [0.25, 0.3) is 0 Å². The van der Waals surface area contributed by atoms with E-state index in [-0.39, 0.29) is 0 Å². The van der Waals surface area contributed by atoms with Crippen molar-refractivity contribution in [3.63, 3.8) is 0 Å². The molecule has 0 amide bonds. The van der Waals surface area contributed by atoms with Gasteiger partial charge in [0.2, 0.25) is 0 Å². The van der Waals surface area contributed by atoms with E-state index in [0.29, 0.717) is 0 Å². The van der Waals surface area contributed by atoms with Gasteiger partial charge in [-0.3, -0.25) is 4.90 Å². The Kier molecular flexibility index (Phi) is 3.24. The van der Waals surface area contributed by atoms with Gasteiger partial charge in [-0.15, -0.1) is 0 Å². The molecule has 0 spiro atoms. The topological polar surface area (TPSA) is 3.24 Å². The van der Waals surface area contributed by atoms with Crippen LogP contribution in [0.4, 0.5) is 0 Å². The molecular formula is C15H27N. The van der Waals surface area contributed by atoms with Gasteiger partial charge in [0.15, 0.2) is 0 Å². The standard InChI is InChI=1S/C15H27N/c1-12-2-8-15(9-3-12)16(10-13-4-5-13)11-14-6-7-14/h12-15H,2-11H2,1H3. The highest BCUT2D eigenvalue weighted by atomic mass is 15.2. The van der Waals surface area contributed by atoms with Crippen molar-refractivity contribution in [2.75, 3.05) is 13.1 Å². The third-order valence-corrected chi connectivity index (χ3v) is 4.88. The first kappa shape index (κ1) is 11.1. The van der Waals surface area contributed by atoms with E-state index in [2.05, 4.69) is 11.8 Å². The maximum absolute atomic E-state index is 2.89. The minimum Gasteiger partial charge on any atom is -0.300 e. The van der Waals surface area contributed by atoms with Crippen LogP contribution in [-0.4, -0.2) is 24.0 Å². The fraction of sp³-hybridized carbons (Fsp3) is 1.00. The molecule has 3 fully saturated rings. The van der Waals surface area contributed by atoms with E-state index in [1.807, 2.05) is 0 Å². The van der Waals surface area contributed by atoms with Crippen LogP contribution in [0.3, 0.4) is 0 Å². The molecule has 1 heteroatoms. The molecule has 0 heterocycles. The molecule has 0 aromatic heterocycles. The van der Waals surface area contributed by atoms with E-state index < -0.39 is 0 Å². The minimum absolute atomic E-state index is 0.956. The van der Waals surface area contributed by atoms with Gasteiger partial charge in [0.1, 0.15) is 0 Å². The highest BCUT2D eigenvalue weighted by Gasteiger charge is 2.33. The van der Waals surface area contributed by atoms with Crippen LogP contribution in [-0.2, 0) is 0 Å². The third kappa shape index (κ3) is 3.00. The summed E-state index contributed by atoms with van der Waals surface area (Å²) in [7, 11) is 0. The summed E-state index contributed by atoms with van der Waals surface area (Å²) in [5.74, 6) is 3.16. The lowest BCUT2D eigenvalue weighted by Crippen LogP contribution is -2.40. The number of rotatable bonds is 5. The van der Waals surface area contributed by atoms with Gasteiger partial charge in [0.05, 0.1) is 0 Å². The Morgan fingerprint density at radius 1 is 0.750 bits per heavy atom. The summed E-state index contributed by atoms with van der Waals surface area (Å²) in [6, 6.07) is 0.956.